The number of fused-ring (bicyclic) bond motifs is 1. The Morgan fingerprint density at radius 2 is 2.10 bits per heavy atom. The molecule has 2 heterocycles. The summed E-state index contributed by atoms with van der Waals surface area (Å²) in [6, 6.07) is 5.07. The third-order valence-corrected chi connectivity index (χ3v) is 5.15. The molecule has 30 heavy (non-hydrogen) atoms. The van der Waals surface area contributed by atoms with Crippen molar-refractivity contribution in [3.8, 4) is 5.88 Å². The topological polar surface area (TPSA) is 80.3 Å². The zero-order chi connectivity index (χ0) is 22.3. The van der Waals surface area contributed by atoms with E-state index < -0.39 is 24.0 Å². The van der Waals surface area contributed by atoms with Crippen molar-refractivity contribution in [1.82, 2.24) is 15.6 Å². The van der Waals surface area contributed by atoms with Crippen LogP contribution < -0.4 is 15.4 Å². The van der Waals surface area contributed by atoms with Gasteiger partial charge in [0.25, 0.3) is 5.91 Å². The second-order valence-electron chi connectivity index (χ2n) is 6.91. The summed E-state index contributed by atoms with van der Waals surface area (Å²) in [6.45, 7) is 7.89. The first kappa shape index (κ1) is 23.3. The van der Waals surface area contributed by atoms with Crippen LogP contribution >= 0.6 is 0 Å². The molecule has 1 aromatic carbocycles. The molecule has 2 aromatic rings. The van der Waals surface area contributed by atoms with Crippen molar-refractivity contribution in [2.45, 2.75) is 46.3 Å². The molecule has 0 spiro atoms. The summed E-state index contributed by atoms with van der Waals surface area (Å²) < 4.78 is 19.9. The zero-order valence-electron chi connectivity index (χ0n) is 18.2. The number of nitrogens with one attached hydrogen (secondary N) is 2. The number of hydrogen-bond donors (Lipinski definition) is 2. The van der Waals surface area contributed by atoms with Gasteiger partial charge >= 0.3 is 0 Å². The van der Waals surface area contributed by atoms with Gasteiger partial charge in [-0.15, -0.1) is 0 Å². The molecule has 1 aromatic heterocycles. The molecule has 0 radical (unpaired) electrons. The van der Waals surface area contributed by atoms with Gasteiger partial charge in [-0.25, -0.2) is 9.37 Å². The summed E-state index contributed by atoms with van der Waals surface area (Å²) in [5, 5.41) is 7.19. The Kier molecular flexibility index (Phi) is 8.33. The standard InChI is InChI=1S/C21H24FN3O3.C2H6/c1-4-15-18(25-20(27)19(15)22)11-28-21-17-8-16(12(2)9-23-3)14(10-26)7-13(17)5-6-24-21;1-2/h5-10,15,18-19,23H,4,11H2,1-3H3,(H,25,27);1-2H3/b12-9-;. The van der Waals surface area contributed by atoms with Gasteiger partial charge in [0.05, 0.1) is 6.04 Å². The van der Waals surface area contributed by atoms with Crippen LogP contribution in [0.1, 0.15) is 50.0 Å². The number of ether oxygens (including phenoxy) is 1. The molecule has 3 rings (SSSR count). The molecule has 1 fully saturated rings. The van der Waals surface area contributed by atoms with E-state index in [0.29, 0.717) is 17.9 Å². The van der Waals surface area contributed by atoms with Gasteiger partial charge in [-0.3, -0.25) is 9.59 Å². The fraction of sp³-hybridized carbons (Fsp3) is 0.435. The van der Waals surface area contributed by atoms with Gasteiger partial charge in [0.15, 0.2) is 12.5 Å². The van der Waals surface area contributed by atoms with Crippen LogP contribution in [-0.2, 0) is 4.79 Å². The maximum atomic E-state index is 14.0. The van der Waals surface area contributed by atoms with E-state index in [9.17, 15) is 14.0 Å². The quantitative estimate of drug-likeness (QED) is 0.671. The van der Waals surface area contributed by atoms with Gasteiger partial charge in [-0.05, 0) is 54.3 Å². The number of rotatable bonds is 7. The summed E-state index contributed by atoms with van der Waals surface area (Å²) in [4.78, 5) is 27.5. The molecule has 162 valence electrons. The molecule has 1 saturated heterocycles. The Morgan fingerprint density at radius 1 is 1.37 bits per heavy atom. The number of halogens is 1. The van der Waals surface area contributed by atoms with Crippen molar-refractivity contribution >= 4 is 28.5 Å². The Morgan fingerprint density at radius 3 is 2.73 bits per heavy atom. The second kappa shape index (κ2) is 10.7. The first-order chi connectivity index (χ1) is 14.5. The fourth-order valence-electron chi connectivity index (χ4n) is 3.65. The Hall–Kier alpha value is -2.96. The summed E-state index contributed by atoms with van der Waals surface area (Å²) >= 11 is 0. The second-order valence-corrected chi connectivity index (χ2v) is 6.91. The molecular weight excluding hydrogens is 385 g/mol. The lowest BCUT2D eigenvalue weighted by molar-refractivity contribution is -0.123. The average Bonchev–Trinajstić information content (AvgIpc) is 3.05. The minimum atomic E-state index is -1.50. The number of nitrogens with zero attached hydrogens (tertiary/aromatic N) is 1. The highest BCUT2D eigenvalue weighted by Crippen LogP contribution is 2.30. The smallest absolute Gasteiger partial charge is 0.255 e. The first-order valence-corrected chi connectivity index (χ1v) is 10.3. The van der Waals surface area contributed by atoms with Crippen LogP contribution in [0.25, 0.3) is 16.3 Å². The lowest BCUT2D eigenvalue weighted by Gasteiger charge is -2.19. The lowest BCUT2D eigenvalue weighted by atomic mass is 9.96. The molecule has 6 nitrogen and oxygen atoms in total. The summed E-state index contributed by atoms with van der Waals surface area (Å²) in [6.07, 6.45) is 3.27. The van der Waals surface area contributed by atoms with E-state index in [1.807, 2.05) is 40.0 Å². The van der Waals surface area contributed by atoms with E-state index in [1.54, 1.807) is 25.4 Å². The highest BCUT2D eigenvalue weighted by atomic mass is 19.1. The number of amides is 1. The Bertz CT molecular complexity index is 929. The van der Waals surface area contributed by atoms with Crippen molar-refractivity contribution in [2.75, 3.05) is 13.7 Å². The summed E-state index contributed by atoms with van der Waals surface area (Å²) in [5.74, 6) is -0.613. The van der Waals surface area contributed by atoms with Gasteiger partial charge < -0.3 is 15.4 Å². The highest BCUT2D eigenvalue weighted by Gasteiger charge is 2.41. The van der Waals surface area contributed by atoms with Crippen molar-refractivity contribution < 1.29 is 18.7 Å². The molecule has 3 unspecified atom stereocenters. The van der Waals surface area contributed by atoms with Gasteiger partial charge in [-0.1, -0.05) is 20.8 Å². The van der Waals surface area contributed by atoms with E-state index in [4.69, 9.17) is 4.74 Å². The van der Waals surface area contributed by atoms with Crippen LogP contribution in [0.4, 0.5) is 4.39 Å². The summed E-state index contributed by atoms with van der Waals surface area (Å²) in [5.41, 5.74) is 2.25. The van der Waals surface area contributed by atoms with E-state index in [0.717, 1.165) is 28.2 Å². The molecule has 0 bridgehead atoms. The number of alkyl halides is 1. The number of benzene rings is 1. The minimum Gasteiger partial charge on any atom is -0.475 e. The number of carbonyl (C=O) groups is 2. The number of carbonyl (C=O) groups excluding carboxylic acids is 2. The fourth-order valence-corrected chi connectivity index (χ4v) is 3.65. The minimum absolute atomic E-state index is 0.132. The van der Waals surface area contributed by atoms with Crippen LogP contribution in [0, 0.1) is 5.92 Å². The molecule has 3 atom stereocenters. The molecule has 7 heteroatoms. The Labute approximate surface area is 176 Å². The van der Waals surface area contributed by atoms with E-state index in [1.165, 1.54) is 0 Å². The van der Waals surface area contributed by atoms with Gasteiger partial charge in [0.2, 0.25) is 5.88 Å². The van der Waals surface area contributed by atoms with E-state index >= 15 is 0 Å². The number of allylic oxidation sites excluding steroid dienone is 1. The zero-order valence-corrected chi connectivity index (χ0v) is 18.2. The summed E-state index contributed by atoms with van der Waals surface area (Å²) in [7, 11) is 1.79. The maximum Gasteiger partial charge on any atom is 0.255 e. The van der Waals surface area contributed by atoms with E-state index in [2.05, 4.69) is 15.6 Å². The monoisotopic (exact) mass is 415 g/mol. The van der Waals surface area contributed by atoms with E-state index in [-0.39, 0.29) is 6.61 Å². The SMILES string of the molecule is CC.CCC1C(COc2nccc3cc(C=O)c(/C(C)=C\NC)cc23)NC(=O)C1F. The highest BCUT2D eigenvalue weighted by molar-refractivity contribution is 5.97. The van der Waals surface area contributed by atoms with Crippen molar-refractivity contribution in [2.24, 2.45) is 5.92 Å². The molecule has 1 aliphatic rings. The molecule has 1 aliphatic heterocycles. The van der Waals surface area contributed by atoms with Gasteiger partial charge in [-0.2, -0.15) is 0 Å². The normalized spacial score (nSPS) is 20.9. The van der Waals surface area contributed by atoms with Gasteiger partial charge in [0.1, 0.15) is 6.61 Å². The Balaban J connectivity index is 0.00000155. The molecular formula is C23H30FN3O3. The van der Waals surface area contributed by atoms with Crippen LogP contribution in [0.2, 0.25) is 0 Å². The lowest BCUT2D eigenvalue weighted by Crippen LogP contribution is -2.34. The molecule has 0 aliphatic carbocycles. The molecule has 2 N–H and O–H groups in total. The van der Waals surface area contributed by atoms with Crippen molar-refractivity contribution in [3.63, 3.8) is 0 Å². The molecule has 1 amide bonds. The molecule has 0 saturated carbocycles. The predicted octanol–water partition coefficient (Wildman–Crippen LogP) is 3.90. The third-order valence-electron chi connectivity index (χ3n) is 5.15. The van der Waals surface area contributed by atoms with Crippen LogP contribution in [0.3, 0.4) is 0 Å². The average molecular weight is 416 g/mol. The number of aldehydes is 1. The number of pyridine rings is 1. The van der Waals surface area contributed by atoms with Crippen LogP contribution in [0.15, 0.2) is 30.6 Å². The van der Waals surface area contributed by atoms with Crippen molar-refractivity contribution in [1.29, 1.82) is 0 Å². The third kappa shape index (κ3) is 4.78. The largest absolute Gasteiger partial charge is 0.475 e. The first-order valence-electron chi connectivity index (χ1n) is 10.3. The van der Waals surface area contributed by atoms with Gasteiger partial charge in [0, 0.05) is 30.1 Å². The van der Waals surface area contributed by atoms with Crippen molar-refractivity contribution in [3.05, 3.63) is 41.7 Å². The number of aromatic nitrogens is 1. The number of hydrogen-bond acceptors (Lipinski definition) is 5. The predicted molar refractivity (Wildman–Crippen MR) is 117 cm³/mol. The van der Waals surface area contributed by atoms with Crippen LogP contribution in [0.5, 0.6) is 5.88 Å². The van der Waals surface area contributed by atoms with Crippen LogP contribution in [-0.4, -0.2) is 43.0 Å². The maximum absolute atomic E-state index is 14.0.